The molecule has 0 unspecified atom stereocenters. The van der Waals surface area contributed by atoms with Crippen molar-refractivity contribution in [3.63, 3.8) is 0 Å². The molecule has 0 amide bonds. The van der Waals surface area contributed by atoms with Gasteiger partial charge in [-0.2, -0.15) is 0 Å². The third-order valence-corrected chi connectivity index (χ3v) is 4.20. The molecule has 2 aromatic heterocycles. The van der Waals surface area contributed by atoms with Gasteiger partial charge in [-0.05, 0) is 35.6 Å². The summed E-state index contributed by atoms with van der Waals surface area (Å²) in [5, 5.41) is 2.13. The van der Waals surface area contributed by atoms with Crippen molar-refractivity contribution >= 4 is 50.4 Å². The highest BCUT2D eigenvalue weighted by molar-refractivity contribution is 14.1. The Kier molecular flexibility index (Phi) is 2.93. The van der Waals surface area contributed by atoms with Crippen LogP contribution in [0.2, 0.25) is 0 Å². The van der Waals surface area contributed by atoms with Crippen LogP contribution in [0.1, 0.15) is 16.2 Å². The minimum absolute atomic E-state index is 0.373. The van der Waals surface area contributed by atoms with Crippen molar-refractivity contribution in [1.29, 1.82) is 0 Å². The highest BCUT2D eigenvalue weighted by Gasteiger charge is 2.19. The molecule has 0 aliphatic heterocycles. The second-order valence-corrected chi connectivity index (χ2v) is 5.35. The molecule has 96 valence electrons. The number of carbonyl (C=O) groups is 1. The lowest BCUT2D eigenvalue weighted by Gasteiger charge is -2.05. The summed E-state index contributed by atoms with van der Waals surface area (Å²) in [6.07, 6.45) is 0. The first-order chi connectivity index (χ1) is 9.13. The minimum atomic E-state index is -0.403. The summed E-state index contributed by atoms with van der Waals surface area (Å²) in [6, 6.07) is 8.02. The lowest BCUT2D eigenvalue weighted by atomic mass is 10.1. The van der Waals surface area contributed by atoms with E-state index in [1.54, 1.807) is 0 Å². The van der Waals surface area contributed by atoms with Crippen LogP contribution in [0.4, 0.5) is 0 Å². The molecule has 5 heteroatoms. The molecule has 0 atom stereocenters. The van der Waals surface area contributed by atoms with E-state index in [1.807, 2.05) is 31.2 Å². The van der Waals surface area contributed by atoms with Crippen LogP contribution in [-0.4, -0.2) is 23.0 Å². The molecule has 0 bridgehead atoms. The number of pyridine rings is 1. The number of rotatable bonds is 1. The maximum absolute atomic E-state index is 11.8. The Hall–Kier alpha value is -1.63. The lowest BCUT2D eigenvalue weighted by Crippen LogP contribution is -2.08. The van der Waals surface area contributed by atoms with Gasteiger partial charge in [0.1, 0.15) is 0 Å². The number of methoxy groups -OCH3 is 1. The Morgan fingerprint density at radius 1 is 1.37 bits per heavy atom. The summed E-state index contributed by atoms with van der Waals surface area (Å²) >= 11 is 2.16. The van der Waals surface area contributed by atoms with Crippen LogP contribution in [0.25, 0.3) is 21.8 Å². The van der Waals surface area contributed by atoms with Crippen LogP contribution in [0.5, 0.6) is 0 Å². The minimum Gasteiger partial charge on any atom is -0.464 e. The van der Waals surface area contributed by atoms with E-state index in [4.69, 9.17) is 4.74 Å². The normalized spacial score (nSPS) is 11.1. The van der Waals surface area contributed by atoms with Gasteiger partial charge in [-0.1, -0.05) is 18.2 Å². The molecule has 0 aliphatic carbocycles. The predicted octanol–water partition coefficient (Wildman–Crippen LogP) is 3.42. The molecule has 0 fully saturated rings. The van der Waals surface area contributed by atoms with Crippen molar-refractivity contribution in [3.05, 3.63) is 39.2 Å². The van der Waals surface area contributed by atoms with Crippen LogP contribution in [-0.2, 0) is 4.74 Å². The fourth-order valence-corrected chi connectivity index (χ4v) is 3.17. The first kappa shape index (κ1) is 12.4. The van der Waals surface area contributed by atoms with Gasteiger partial charge >= 0.3 is 5.97 Å². The van der Waals surface area contributed by atoms with Gasteiger partial charge in [0.05, 0.1) is 21.9 Å². The second kappa shape index (κ2) is 4.48. The topological polar surface area (TPSA) is 55.0 Å². The smallest absolute Gasteiger partial charge is 0.357 e. The molecular formula is C14H11IN2O2. The Balaban J connectivity index is 2.49. The number of aryl methyl sites for hydroxylation is 1. The molecule has 4 nitrogen and oxygen atoms in total. The third-order valence-electron chi connectivity index (χ3n) is 3.15. The van der Waals surface area contributed by atoms with Crippen molar-refractivity contribution in [1.82, 2.24) is 9.97 Å². The summed E-state index contributed by atoms with van der Waals surface area (Å²) in [6.45, 7) is 1.89. The maximum atomic E-state index is 11.8. The molecular weight excluding hydrogens is 355 g/mol. The van der Waals surface area contributed by atoms with Gasteiger partial charge in [-0.15, -0.1) is 0 Å². The van der Waals surface area contributed by atoms with E-state index in [-0.39, 0.29) is 0 Å². The van der Waals surface area contributed by atoms with Crippen LogP contribution in [0, 0.1) is 10.5 Å². The molecule has 0 saturated carbocycles. The van der Waals surface area contributed by atoms with E-state index in [0.29, 0.717) is 5.69 Å². The number of carbonyl (C=O) groups excluding carboxylic acids is 1. The fraction of sp³-hybridized carbons (Fsp3) is 0.143. The zero-order valence-electron chi connectivity index (χ0n) is 10.5. The number of hydrogen-bond acceptors (Lipinski definition) is 3. The molecule has 3 rings (SSSR count). The third kappa shape index (κ3) is 1.80. The molecule has 19 heavy (non-hydrogen) atoms. The van der Waals surface area contributed by atoms with Gasteiger partial charge in [0.2, 0.25) is 0 Å². The van der Waals surface area contributed by atoms with Gasteiger partial charge in [-0.25, -0.2) is 9.78 Å². The summed E-state index contributed by atoms with van der Waals surface area (Å²) in [5.74, 6) is -0.403. The Morgan fingerprint density at radius 2 is 2.11 bits per heavy atom. The predicted molar refractivity (Wildman–Crippen MR) is 82.4 cm³/mol. The van der Waals surface area contributed by atoms with E-state index in [1.165, 1.54) is 7.11 Å². The molecule has 0 saturated heterocycles. The number of nitrogens with zero attached hydrogens (tertiary/aromatic N) is 1. The van der Waals surface area contributed by atoms with Gasteiger partial charge in [0, 0.05) is 16.3 Å². The average molecular weight is 366 g/mol. The zero-order chi connectivity index (χ0) is 13.6. The van der Waals surface area contributed by atoms with Crippen molar-refractivity contribution in [2.45, 2.75) is 6.92 Å². The molecule has 1 N–H and O–H groups in total. The number of aromatic nitrogens is 2. The van der Waals surface area contributed by atoms with Crippen molar-refractivity contribution in [2.75, 3.05) is 7.11 Å². The maximum Gasteiger partial charge on any atom is 0.357 e. The Labute approximate surface area is 123 Å². The second-order valence-electron chi connectivity index (χ2n) is 4.27. The Bertz CT molecular complexity index is 808. The molecule has 1 aromatic carbocycles. The first-order valence-electron chi connectivity index (χ1n) is 5.78. The van der Waals surface area contributed by atoms with Crippen LogP contribution < -0.4 is 0 Å². The van der Waals surface area contributed by atoms with Gasteiger partial charge in [-0.3, -0.25) is 0 Å². The number of esters is 1. The van der Waals surface area contributed by atoms with Crippen molar-refractivity contribution < 1.29 is 9.53 Å². The van der Waals surface area contributed by atoms with Crippen LogP contribution in [0.3, 0.4) is 0 Å². The van der Waals surface area contributed by atoms with Crippen molar-refractivity contribution in [2.24, 2.45) is 0 Å². The van der Waals surface area contributed by atoms with Gasteiger partial charge < -0.3 is 9.72 Å². The number of fused-ring (bicyclic) bond motifs is 3. The van der Waals surface area contributed by atoms with E-state index in [9.17, 15) is 4.79 Å². The van der Waals surface area contributed by atoms with E-state index < -0.39 is 5.97 Å². The van der Waals surface area contributed by atoms with Crippen LogP contribution in [0.15, 0.2) is 24.3 Å². The van der Waals surface area contributed by atoms with E-state index in [0.717, 1.165) is 31.1 Å². The van der Waals surface area contributed by atoms with Gasteiger partial charge in [0.25, 0.3) is 0 Å². The van der Waals surface area contributed by atoms with Gasteiger partial charge in [0.15, 0.2) is 5.69 Å². The fourth-order valence-electron chi connectivity index (χ4n) is 2.26. The zero-order valence-corrected chi connectivity index (χ0v) is 12.6. The summed E-state index contributed by atoms with van der Waals surface area (Å²) in [7, 11) is 1.37. The number of aromatic amines is 1. The number of H-pyrrole nitrogens is 1. The molecule has 0 radical (unpaired) electrons. The lowest BCUT2D eigenvalue weighted by molar-refractivity contribution is 0.0593. The van der Waals surface area contributed by atoms with E-state index in [2.05, 4.69) is 32.6 Å². The SMILES string of the molecule is COC(=O)c1nc(C)c2[nH]c3ccccc3c2c1I. The molecule has 2 heterocycles. The number of para-hydroxylation sites is 1. The number of ether oxygens (including phenoxy) is 1. The molecule has 0 aliphatic rings. The number of halogens is 1. The van der Waals surface area contributed by atoms with Crippen LogP contribution >= 0.6 is 22.6 Å². The largest absolute Gasteiger partial charge is 0.464 e. The highest BCUT2D eigenvalue weighted by Crippen LogP contribution is 2.32. The molecule has 3 aromatic rings. The first-order valence-corrected chi connectivity index (χ1v) is 6.86. The number of benzene rings is 1. The number of nitrogens with one attached hydrogen (secondary N) is 1. The highest BCUT2D eigenvalue weighted by atomic mass is 127. The standard InChI is InChI=1S/C14H11IN2O2/c1-7-12-10(8-5-3-4-6-9(8)17-12)11(15)13(16-7)14(18)19-2/h3-6,17H,1-2H3. The summed E-state index contributed by atoms with van der Waals surface area (Å²) in [5.41, 5.74) is 3.19. The summed E-state index contributed by atoms with van der Waals surface area (Å²) in [4.78, 5) is 19.5. The summed E-state index contributed by atoms with van der Waals surface area (Å²) < 4.78 is 5.61. The Morgan fingerprint density at radius 3 is 2.84 bits per heavy atom. The molecule has 0 spiro atoms. The van der Waals surface area contributed by atoms with E-state index >= 15 is 0 Å². The van der Waals surface area contributed by atoms with Crippen molar-refractivity contribution in [3.8, 4) is 0 Å². The monoisotopic (exact) mass is 366 g/mol. The quantitative estimate of drug-likeness (QED) is 0.531. The number of hydrogen-bond donors (Lipinski definition) is 1. The average Bonchev–Trinajstić information content (AvgIpc) is 2.82.